The largest absolute Gasteiger partial charge is 0.410 e. The molecule has 4 aromatic rings. The highest BCUT2D eigenvalue weighted by Crippen LogP contribution is 2.41. The maximum atomic E-state index is 13.1. The molecule has 1 N–H and O–H groups in total. The number of fused-ring (bicyclic) bond motifs is 1. The van der Waals surface area contributed by atoms with Crippen LogP contribution in [-0.4, -0.2) is 21.9 Å². The molecule has 2 aromatic carbocycles. The van der Waals surface area contributed by atoms with E-state index in [0.29, 0.717) is 21.5 Å². The Bertz CT molecular complexity index is 1180. The van der Waals surface area contributed by atoms with Crippen LogP contribution in [-0.2, 0) is 4.79 Å². The molecule has 0 radical (unpaired) electrons. The van der Waals surface area contributed by atoms with Gasteiger partial charge < -0.3 is 9.73 Å². The number of amides is 1. The molecule has 2 heterocycles. The zero-order valence-electron chi connectivity index (χ0n) is 13.9. The summed E-state index contributed by atoms with van der Waals surface area (Å²) in [7, 11) is 0. The van der Waals surface area contributed by atoms with Crippen LogP contribution >= 0.6 is 46.3 Å². The lowest BCUT2D eigenvalue weighted by molar-refractivity contribution is -0.113. The van der Waals surface area contributed by atoms with E-state index in [0.717, 1.165) is 27.9 Å². The first-order valence-corrected chi connectivity index (χ1v) is 10.5. The Morgan fingerprint density at radius 2 is 2.04 bits per heavy atom. The fourth-order valence-electron chi connectivity index (χ4n) is 2.42. The predicted octanol–water partition coefficient (Wildman–Crippen LogP) is 6.13. The van der Waals surface area contributed by atoms with Crippen LogP contribution in [0.25, 0.3) is 20.9 Å². The third kappa shape index (κ3) is 4.00. The van der Waals surface area contributed by atoms with Gasteiger partial charge in [0.15, 0.2) is 0 Å². The van der Waals surface area contributed by atoms with Crippen LogP contribution in [0.5, 0.6) is 0 Å². The molecule has 5 nitrogen and oxygen atoms in total. The minimum atomic E-state index is -0.476. The van der Waals surface area contributed by atoms with Gasteiger partial charge in [-0.05, 0) is 24.3 Å². The SMILES string of the molecule is O=C(CSc1nnc(-c2sc3ccccc3c2Cl)o1)Nc1ccc(F)cc1Cl. The fourth-order valence-corrected chi connectivity index (χ4v) is 4.63. The quantitative estimate of drug-likeness (QED) is 0.368. The summed E-state index contributed by atoms with van der Waals surface area (Å²) >= 11 is 14.8. The molecular formula is C18H10Cl2FN3O2S2. The molecule has 0 aliphatic rings. The van der Waals surface area contributed by atoms with Crippen LogP contribution in [0.4, 0.5) is 10.1 Å². The normalized spacial score (nSPS) is 11.1. The van der Waals surface area contributed by atoms with E-state index in [4.69, 9.17) is 27.6 Å². The molecule has 0 saturated heterocycles. The summed E-state index contributed by atoms with van der Waals surface area (Å²) in [6.45, 7) is 0. The van der Waals surface area contributed by atoms with Gasteiger partial charge in [-0.2, -0.15) is 0 Å². The molecule has 0 bridgehead atoms. The minimum Gasteiger partial charge on any atom is -0.410 e. The highest BCUT2D eigenvalue weighted by atomic mass is 35.5. The Balaban J connectivity index is 1.43. The molecule has 10 heteroatoms. The van der Waals surface area contributed by atoms with Gasteiger partial charge >= 0.3 is 0 Å². The molecule has 0 saturated carbocycles. The summed E-state index contributed by atoms with van der Waals surface area (Å²) < 4.78 is 19.7. The summed E-state index contributed by atoms with van der Waals surface area (Å²) in [6, 6.07) is 11.5. The third-order valence-electron chi connectivity index (χ3n) is 3.67. The van der Waals surface area contributed by atoms with Crippen LogP contribution in [0.2, 0.25) is 10.0 Å². The van der Waals surface area contributed by atoms with E-state index in [9.17, 15) is 9.18 Å². The van der Waals surface area contributed by atoms with Crippen molar-refractivity contribution in [2.45, 2.75) is 5.22 Å². The zero-order valence-corrected chi connectivity index (χ0v) is 17.1. The van der Waals surface area contributed by atoms with Gasteiger partial charge in [-0.15, -0.1) is 21.5 Å². The van der Waals surface area contributed by atoms with Crippen LogP contribution in [0.15, 0.2) is 52.1 Å². The van der Waals surface area contributed by atoms with Gasteiger partial charge in [-0.1, -0.05) is 53.2 Å². The van der Waals surface area contributed by atoms with Crippen molar-refractivity contribution in [1.29, 1.82) is 0 Å². The second kappa shape index (κ2) is 8.08. The lowest BCUT2D eigenvalue weighted by atomic mass is 10.2. The molecule has 0 atom stereocenters. The van der Waals surface area contributed by atoms with Gasteiger partial charge in [0.1, 0.15) is 10.7 Å². The molecule has 1 amide bonds. The number of thiophene rings is 1. The van der Waals surface area contributed by atoms with Crippen molar-refractivity contribution < 1.29 is 13.6 Å². The van der Waals surface area contributed by atoms with Crippen molar-refractivity contribution in [2.75, 3.05) is 11.1 Å². The Labute approximate surface area is 176 Å². The summed E-state index contributed by atoms with van der Waals surface area (Å²) in [5.41, 5.74) is 0.331. The zero-order chi connectivity index (χ0) is 19.7. The topological polar surface area (TPSA) is 68.0 Å². The Morgan fingerprint density at radius 3 is 2.82 bits per heavy atom. The van der Waals surface area contributed by atoms with Gasteiger partial charge in [0.2, 0.25) is 5.91 Å². The number of rotatable bonds is 5. The number of hydrogen-bond donors (Lipinski definition) is 1. The van der Waals surface area contributed by atoms with E-state index < -0.39 is 5.82 Å². The Hall–Kier alpha value is -2.13. The number of benzene rings is 2. The Kier molecular flexibility index (Phi) is 5.54. The first-order chi connectivity index (χ1) is 13.5. The van der Waals surface area contributed by atoms with Crippen LogP contribution in [0.1, 0.15) is 0 Å². The second-order valence-corrected chi connectivity index (χ2v) is 8.34. The molecular weight excluding hydrogens is 444 g/mol. The first kappa shape index (κ1) is 19.2. The highest BCUT2D eigenvalue weighted by molar-refractivity contribution is 7.99. The van der Waals surface area contributed by atoms with E-state index in [1.165, 1.54) is 23.5 Å². The minimum absolute atomic E-state index is 0.0233. The Morgan fingerprint density at radius 1 is 1.21 bits per heavy atom. The van der Waals surface area contributed by atoms with Crippen LogP contribution in [0.3, 0.4) is 0 Å². The number of carbonyl (C=O) groups is 1. The molecule has 2 aromatic heterocycles. The first-order valence-electron chi connectivity index (χ1n) is 7.90. The van der Waals surface area contributed by atoms with E-state index >= 15 is 0 Å². The summed E-state index contributed by atoms with van der Waals surface area (Å²) in [5, 5.41) is 12.4. The van der Waals surface area contributed by atoms with Crippen LogP contribution in [0, 0.1) is 5.82 Å². The van der Waals surface area contributed by atoms with Crippen molar-refractivity contribution in [3.05, 3.63) is 58.3 Å². The molecule has 0 aliphatic carbocycles. The monoisotopic (exact) mass is 453 g/mol. The second-order valence-electron chi connectivity index (χ2n) is 5.58. The van der Waals surface area contributed by atoms with Gasteiger partial charge in [-0.25, -0.2) is 4.39 Å². The maximum Gasteiger partial charge on any atom is 0.277 e. The average Bonchev–Trinajstić information content (AvgIpc) is 3.27. The van der Waals surface area contributed by atoms with E-state index in [1.54, 1.807) is 0 Å². The predicted molar refractivity (Wildman–Crippen MR) is 111 cm³/mol. The molecule has 0 unspecified atom stereocenters. The summed E-state index contributed by atoms with van der Waals surface area (Å²) in [5.74, 6) is -0.486. The molecule has 0 aliphatic heterocycles. The summed E-state index contributed by atoms with van der Waals surface area (Å²) in [6.07, 6.45) is 0. The van der Waals surface area contributed by atoms with Gasteiger partial charge in [0.05, 0.1) is 21.5 Å². The number of aromatic nitrogens is 2. The van der Waals surface area contributed by atoms with E-state index in [-0.39, 0.29) is 21.9 Å². The number of halogens is 3. The molecule has 0 fully saturated rings. The van der Waals surface area contributed by atoms with Crippen molar-refractivity contribution >= 4 is 68.0 Å². The number of thioether (sulfide) groups is 1. The number of anilines is 1. The van der Waals surface area contributed by atoms with Gasteiger partial charge in [-0.3, -0.25) is 4.79 Å². The smallest absolute Gasteiger partial charge is 0.277 e. The van der Waals surface area contributed by atoms with E-state index in [2.05, 4.69) is 15.5 Å². The molecule has 142 valence electrons. The van der Waals surface area contributed by atoms with Crippen LogP contribution < -0.4 is 5.32 Å². The maximum absolute atomic E-state index is 13.1. The third-order valence-corrected chi connectivity index (χ3v) is 6.46. The number of hydrogen-bond acceptors (Lipinski definition) is 6. The van der Waals surface area contributed by atoms with Crippen molar-refractivity contribution in [2.24, 2.45) is 0 Å². The van der Waals surface area contributed by atoms with Gasteiger partial charge in [0, 0.05) is 10.1 Å². The van der Waals surface area contributed by atoms with Gasteiger partial charge in [0.25, 0.3) is 11.1 Å². The number of nitrogens with zero attached hydrogens (tertiary/aromatic N) is 2. The summed E-state index contributed by atoms with van der Waals surface area (Å²) in [4.78, 5) is 12.8. The molecule has 28 heavy (non-hydrogen) atoms. The lowest BCUT2D eigenvalue weighted by Gasteiger charge is -2.06. The number of nitrogens with one attached hydrogen (secondary N) is 1. The van der Waals surface area contributed by atoms with Crippen molar-refractivity contribution in [3.8, 4) is 10.8 Å². The van der Waals surface area contributed by atoms with Crippen molar-refractivity contribution in [1.82, 2.24) is 10.2 Å². The lowest BCUT2D eigenvalue weighted by Crippen LogP contribution is -2.14. The fraction of sp³-hybridized carbons (Fsp3) is 0.0556. The average molecular weight is 454 g/mol. The standard InChI is InChI=1S/C18H10Cl2FN3O2S2/c19-11-7-9(21)5-6-12(11)22-14(25)8-27-18-24-23-17(26-18)16-15(20)10-3-1-2-4-13(10)28-16/h1-7H,8H2,(H,22,25). The number of carbonyl (C=O) groups excluding carboxylic acids is 1. The van der Waals surface area contributed by atoms with E-state index in [1.807, 2.05) is 24.3 Å². The molecule has 0 spiro atoms. The van der Waals surface area contributed by atoms with Crippen molar-refractivity contribution in [3.63, 3.8) is 0 Å². The molecule has 4 rings (SSSR count). The highest BCUT2D eigenvalue weighted by Gasteiger charge is 2.18.